The zero-order valence-electron chi connectivity index (χ0n) is 10.3. The fraction of sp³-hybridized carbons (Fsp3) is 0.167. The van der Waals surface area contributed by atoms with Crippen LogP contribution < -0.4 is 11.1 Å². The molecular weight excluding hydrogens is 246 g/mol. The first kappa shape index (κ1) is 12.7. The van der Waals surface area contributed by atoms with Gasteiger partial charge in [-0.05, 0) is 12.1 Å². The number of carbonyl (C=O) groups is 1. The van der Waals surface area contributed by atoms with Crippen LogP contribution in [0.1, 0.15) is 12.7 Å². The van der Waals surface area contributed by atoms with Crippen molar-refractivity contribution in [2.75, 3.05) is 11.1 Å². The third kappa shape index (κ3) is 3.91. The van der Waals surface area contributed by atoms with Gasteiger partial charge in [-0.2, -0.15) is 15.0 Å². The molecule has 0 radical (unpaired) electrons. The maximum atomic E-state index is 10.7. The van der Waals surface area contributed by atoms with E-state index in [0.29, 0.717) is 11.8 Å². The zero-order chi connectivity index (χ0) is 13.7. The van der Waals surface area contributed by atoms with Crippen LogP contribution in [0.15, 0.2) is 30.3 Å². The number of ether oxygens (including phenoxy) is 1. The number of anilines is 3. The number of benzene rings is 1. The van der Waals surface area contributed by atoms with E-state index in [-0.39, 0.29) is 12.6 Å². The van der Waals surface area contributed by atoms with Gasteiger partial charge in [0.2, 0.25) is 11.9 Å². The van der Waals surface area contributed by atoms with Crippen LogP contribution in [0.3, 0.4) is 0 Å². The quantitative estimate of drug-likeness (QED) is 0.796. The molecule has 2 rings (SSSR count). The van der Waals surface area contributed by atoms with Crippen LogP contribution in [0, 0.1) is 0 Å². The van der Waals surface area contributed by atoms with Crippen molar-refractivity contribution >= 4 is 23.6 Å². The van der Waals surface area contributed by atoms with Gasteiger partial charge in [-0.1, -0.05) is 18.2 Å². The molecule has 19 heavy (non-hydrogen) atoms. The Kier molecular flexibility index (Phi) is 3.87. The number of nitrogen functional groups attached to an aromatic ring is 1. The molecule has 0 aliphatic heterocycles. The predicted octanol–water partition coefficient (Wildman–Crippen LogP) is 1.26. The normalized spacial score (nSPS) is 9.95. The number of nitrogens with one attached hydrogen (secondary N) is 1. The highest BCUT2D eigenvalue weighted by Gasteiger charge is 2.06. The zero-order valence-corrected chi connectivity index (χ0v) is 10.3. The van der Waals surface area contributed by atoms with Crippen LogP contribution in [-0.2, 0) is 16.1 Å². The van der Waals surface area contributed by atoms with Crippen molar-refractivity contribution in [2.24, 2.45) is 0 Å². The molecule has 7 heteroatoms. The van der Waals surface area contributed by atoms with Gasteiger partial charge in [0.25, 0.3) is 0 Å². The molecule has 1 aromatic heterocycles. The van der Waals surface area contributed by atoms with Crippen LogP contribution >= 0.6 is 0 Å². The van der Waals surface area contributed by atoms with E-state index in [1.54, 1.807) is 0 Å². The van der Waals surface area contributed by atoms with E-state index < -0.39 is 5.97 Å². The number of para-hydroxylation sites is 1. The molecule has 0 atom stereocenters. The number of hydrogen-bond acceptors (Lipinski definition) is 7. The molecule has 7 nitrogen and oxygen atoms in total. The van der Waals surface area contributed by atoms with Crippen LogP contribution in [0.2, 0.25) is 0 Å². The van der Waals surface area contributed by atoms with E-state index in [4.69, 9.17) is 10.5 Å². The molecule has 0 bridgehead atoms. The molecule has 0 fully saturated rings. The second kappa shape index (κ2) is 5.76. The molecule has 2 aromatic rings. The molecule has 1 heterocycles. The first-order valence-electron chi connectivity index (χ1n) is 5.59. The number of esters is 1. The maximum Gasteiger partial charge on any atom is 0.303 e. The Labute approximate surface area is 109 Å². The minimum absolute atomic E-state index is 0.0362. The smallest absolute Gasteiger partial charge is 0.303 e. The topological polar surface area (TPSA) is 103 Å². The minimum Gasteiger partial charge on any atom is -0.458 e. The predicted molar refractivity (Wildman–Crippen MR) is 69.4 cm³/mol. The summed E-state index contributed by atoms with van der Waals surface area (Å²) < 4.78 is 4.81. The molecule has 0 aliphatic rings. The van der Waals surface area contributed by atoms with E-state index in [9.17, 15) is 4.79 Å². The molecule has 0 unspecified atom stereocenters. The van der Waals surface area contributed by atoms with Gasteiger partial charge >= 0.3 is 5.97 Å². The van der Waals surface area contributed by atoms with Crippen LogP contribution in [0.25, 0.3) is 0 Å². The first-order valence-corrected chi connectivity index (χ1v) is 5.59. The van der Waals surface area contributed by atoms with Gasteiger partial charge in [0.1, 0.15) is 0 Å². The lowest BCUT2D eigenvalue weighted by Crippen LogP contribution is -2.09. The van der Waals surface area contributed by atoms with Crippen molar-refractivity contribution < 1.29 is 9.53 Å². The molecule has 0 spiro atoms. The Morgan fingerprint density at radius 3 is 2.68 bits per heavy atom. The van der Waals surface area contributed by atoms with E-state index in [1.807, 2.05) is 30.3 Å². The molecule has 0 amide bonds. The van der Waals surface area contributed by atoms with Gasteiger partial charge in [-0.15, -0.1) is 0 Å². The Balaban J connectivity index is 2.14. The van der Waals surface area contributed by atoms with Gasteiger partial charge in [0.05, 0.1) is 0 Å². The average Bonchev–Trinajstić information content (AvgIpc) is 2.37. The van der Waals surface area contributed by atoms with Gasteiger partial charge in [-0.3, -0.25) is 4.79 Å². The summed E-state index contributed by atoms with van der Waals surface area (Å²) >= 11 is 0. The molecular formula is C12H13N5O2. The fourth-order valence-electron chi connectivity index (χ4n) is 1.38. The summed E-state index contributed by atoms with van der Waals surface area (Å²) in [6.07, 6.45) is 0. The molecule has 0 saturated heterocycles. The van der Waals surface area contributed by atoms with E-state index >= 15 is 0 Å². The first-order chi connectivity index (χ1) is 9.13. The van der Waals surface area contributed by atoms with Crippen LogP contribution in [0.5, 0.6) is 0 Å². The number of nitrogens with two attached hydrogens (primary N) is 1. The number of hydrogen-bond donors (Lipinski definition) is 2. The number of carbonyl (C=O) groups excluding carboxylic acids is 1. The number of rotatable bonds is 4. The van der Waals surface area contributed by atoms with Crippen molar-refractivity contribution in [3.63, 3.8) is 0 Å². The second-order valence-corrected chi connectivity index (χ2v) is 3.70. The Bertz CT molecular complexity index is 574. The lowest BCUT2D eigenvalue weighted by atomic mass is 10.3. The average molecular weight is 259 g/mol. The van der Waals surface area contributed by atoms with Crippen molar-refractivity contribution in [3.05, 3.63) is 36.2 Å². The summed E-state index contributed by atoms with van der Waals surface area (Å²) in [4.78, 5) is 22.7. The summed E-state index contributed by atoms with van der Waals surface area (Å²) in [7, 11) is 0. The summed E-state index contributed by atoms with van der Waals surface area (Å²) in [6, 6.07) is 9.40. The lowest BCUT2D eigenvalue weighted by Gasteiger charge is -2.07. The van der Waals surface area contributed by atoms with Crippen LogP contribution in [-0.4, -0.2) is 20.9 Å². The monoisotopic (exact) mass is 259 g/mol. The highest BCUT2D eigenvalue weighted by atomic mass is 16.5. The van der Waals surface area contributed by atoms with E-state index in [2.05, 4.69) is 20.3 Å². The minimum atomic E-state index is -0.406. The highest BCUT2D eigenvalue weighted by Crippen LogP contribution is 2.12. The summed E-state index contributed by atoms with van der Waals surface area (Å²) in [5.41, 5.74) is 6.40. The lowest BCUT2D eigenvalue weighted by molar-refractivity contribution is -0.142. The maximum absolute atomic E-state index is 10.7. The summed E-state index contributed by atoms with van der Waals surface area (Å²) in [5.74, 6) is 0.258. The number of aromatic nitrogens is 3. The van der Waals surface area contributed by atoms with Crippen molar-refractivity contribution in [3.8, 4) is 0 Å². The Morgan fingerprint density at radius 2 is 2.00 bits per heavy atom. The molecule has 0 saturated carbocycles. The molecule has 1 aromatic carbocycles. The fourth-order valence-corrected chi connectivity index (χ4v) is 1.38. The van der Waals surface area contributed by atoms with Gasteiger partial charge < -0.3 is 15.8 Å². The van der Waals surface area contributed by atoms with Crippen molar-refractivity contribution in [2.45, 2.75) is 13.5 Å². The van der Waals surface area contributed by atoms with Crippen molar-refractivity contribution in [1.29, 1.82) is 0 Å². The highest BCUT2D eigenvalue weighted by molar-refractivity contribution is 5.65. The van der Waals surface area contributed by atoms with Crippen LogP contribution in [0.4, 0.5) is 17.6 Å². The third-order valence-corrected chi connectivity index (χ3v) is 2.13. The van der Waals surface area contributed by atoms with Gasteiger partial charge in [0.15, 0.2) is 12.4 Å². The molecule has 98 valence electrons. The summed E-state index contributed by atoms with van der Waals surface area (Å²) in [5, 5.41) is 2.99. The van der Waals surface area contributed by atoms with Gasteiger partial charge in [-0.25, -0.2) is 0 Å². The largest absolute Gasteiger partial charge is 0.458 e. The molecule has 3 N–H and O–H groups in total. The third-order valence-electron chi connectivity index (χ3n) is 2.13. The van der Waals surface area contributed by atoms with E-state index in [1.165, 1.54) is 6.92 Å². The summed E-state index contributed by atoms with van der Waals surface area (Å²) in [6.45, 7) is 1.28. The van der Waals surface area contributed by atoms with Gasteiger partial charge in [0, 0.05) is 12.6 Å². The molecule has 0 aliphatic carbocycles. The van der Waals surface area contributed by atoms with E-state index in [0.717, 1.165) is 5.69 Å². The Morgan fingerprint density at radius 1 is 1.26 bits per heavy atom. The Hall–Kier alpha value is -2.70. The van der Waals surface area contributed by atoms with Crippen molar-refractivity contribution in [1.82, 2.24) is 15.0 Å². The second-order valence-electron chi connectivity index (χ2n) is 3.70. The standard InChI is InChI=1S/C12H13N5O2/c1-8(18)19-7-10-15-11(13)17-12(16-10)14-9-5-3-2-4-6-9/h2-6H,7H2,1H3,(H3,13,14,15,16,17). The number of nitrogens with zero attached hydrogens (tertiary/aromatic N) is 3. The SMILES string of the molecule is CC(=O)OCc1nc(N)nc(Nc2ccccc2)n1.